The monoisotopic (exact) mass is 292 g/mol. The average Bonchev–Trinajstić information content (AvgIpc) is 2.37. The second-order valence-corrected chi connectivity index (χ2v) is 5.00. The predicted octanol–water partition coefficient (Wildman–Crippen LogP) is 4.36. The van der Waals surface area contributed by atoms with E-state index in [4.69, 9.17) is 16.3 Å². The highest BCUT2D eigenvalue weighted by Crippen LogP contribution is 2.27. The normalized spacial score (nSPS) is 10.4. The van der Waals surface area contributed by atoms with Gasteiger partial charge in [0.05, 0.1) is 5.56 Å². The zero-order valence-electron chi connectivity index (χ0n) is 11.2. The van der Waals surface area contributed by atoms with Crippen molar-refractivity contribution in [3.63, 3.8) is 0 Å². The van der Waals surface area contributed by atoms with Gasteiger partial charge in [0.1, 0.15) is 11.6 Å². The number of hydrogen-bond donors (Lipinski definition) is 0. The van der Waals surface area contributed by atoms with Crippen LogP contribution in [0.3, 0.4) is 0 Å². The summed E-state index contributed by atoms with van der Waals surface area (Å²) in [5, 5.41) is 0.618. The van der Waals surface area contributed by atoms with E-state index in [1.54, 1.807) is 24.3 Å². The minimum absolute atomic E-state index is 0.0387. The maximum Gasteiger partial charge on any atom is 0.203 e. The maximum absolute atomic E-state index is 13.5. The molecule has 2 nitrogen and oxygen atoms in total. The van der Waals surface area contributed by atoms with Crippen molar-refractivity contribution in [1.82, 2.24) is 0 Å². The van der Waals surface area contributed by atoms with Gasteiger partial charge in [0.2, 0.25) is 5.78 Å². The molecule has 0 unspecified atom stereocenters. The summed E-state index contributed by atoms with van der Waals surface area (Å²) in [5.41, 5.74) is 1.73. The van der Waals surface area contributed by atoms with Crippen molar-refractivity contribution in [2.45, 2.75) is 13.8 Å². The van der Waals surface area contributed by atoms with Crippen LogP contribution >= 0.6 is 11.6 Å². The predicted molar refractivity (Wildman–Crippen MR) is 77.2 cm³/mol. The van der Waals surface area contributed by atoms with E-state index in [2.05, 4.69) is 0 Å². The molecule has 0 heterocycles. The van der Waals surface area contributed by atoms with E-state index in [1.807, 2.05) is 13.8 Å². The molecule has 2 aromatic rings. The molecule has 0 bridgehead atoms. The van der Waals surface area contributed by atoms with Crippen LogP contribution in [0.1, 0.15) is 21.5 Å². The summed E-state index contributed by atoms with van der Waals surface area (Å²) in [6.07, 6.45) is 0. The number of benzene rings is 2. The lowest BCUT2D eigenvalue weighted by Gasteiger charge is -2.12. The number of ketones is 1. The molecule has 0 aliphatic heterocycles. The summed E-state index contributed by atoms with van der Waals surface area (Å²) in [6.45, 7) is 3.49. The van der Waals surface area contributed by atoms with Crippen LogP contribution in [0.25, 0.3) is 0 Å². The number of carbonyl (C=O) groups excluding carboxylic acids is 1. The number of hydrogen-bond acceptors (Lipinski definition) is 2. The van der Waals surface area contributed by atoms with E-state index in [9.17, 15) is 9.18 Å². The van der Waals surface area contributed by atoms with Crippen LogP contribution in [0.5, 0.6) is 5.75 Å². The summed E-state index contributed by atoms with van der Waals surface area (Å²) in [4.78, 5) is 11.9. The molecule has 0 radical (unpaired) electrons. The summed E-state index contributed by atoms with van der Waals surface area (Å²) in [5.74, 6) is -0.318. The lowest BCUT2D eigenvalue weighted by atomic mass is 10.1. The van der Waals surface area contributed by atoms with Crippen LogP contribution in [0, 0.1) is 19.7 Å². The molecule has 0 spiro atoms. The first-order valence-corrected chi connectivity index (χ1v) is 6.54. The van der Waals surface area contributed by atoms with Gasteiger partial charge < -0.3 is 4.74 Å². The second kappa shape index (κ2) is 6.06. The van der Waals surface area contributed by atoms with Gasteiger partial charge in [-0.05, 0) is 49.2 Å². The van der Waals surface area contributed by atoms with E-state index >= 15 is 0 Å². The van der Waals surface area contributed by atoms with Crippen LogP contribution in [-0.4, -0.2) is 12.4 Å². The molecule has 0 N–H and O–H groups in total. The number of ether oxygens (including phenoxy) is 1. The van der Waals surface area contributed by atoms with Gasteiger partial charge in [0.25, 0.3) is 0 Å². The third kappa shape index (κ3) is 3.17. The first kappa shape index (κ1) is 14.5. The molecule has 0 aliphatic rings. The van der Waals surface area contributed by atoms with Crippen LogP contribution in [0.2, 0.25) is 5.02 Å². The Bertz CT molecular complexity index is 630. The number of aryl methyl sites for hydroxylation is 2. The lowest BCUT2D eigenvalue weighted by molar-refractivity contribution is 0.0916. The van der Waals surface area contributed by atoms with Gasteiger partial charge in [-0.3, -0.25) is 4.79 Å². The van der Waals surface area contributed by atoms with Crippen LogP contribution in [-0.2, 0) is 0 Å². The highest BCUT2D eigenvalue weighted by Gasteiger charge is 2.13. The smallest absolute Gasteiger partial charge is 0.203 e. The molecule has 2 rings (SSSR count). The van der Waals surface area contributed by atoms with E-state index in [-0.39, 0.29) is 12.2 Å². The quantitative estimate of drug-likeness (QED) is 0.783. The number of carbonyl (C=O) groups is 1. The zero-order chi connectivity index (χ0) is 14.7. The van der Waals surface area contributed by atoms with Crippen molar-refractivity contribution < 1.29 is 13.9 Å². The molecule has 4 heteroatoms. The molecule has 0 fully saturated rings. The fourth-order valence-electron chi connectivity index (χ4n) is 2.03. The molecule has 104 valence electrons. The highest BCUT2D eigenvalue weighted by atomic mass is 35.5. The number of rotatable bonds is 4. The number of halogens is 2. The largest absolute Gasteiger partial charge is 0.485 e. The Kier molecular flexibility index (Phi) is 4.40. The highest BCUT2D eigenvalue weighted by molar-refractivity contribution is 6.30. The van der Waals surface area contributed by atoms with Crippen LogP contribution in [0.4, 0.5) is 4.39 Å². The Morgan fingerprint density at radius 1 is 1.20 bits per heavy atom. The number of Topliss-reactive ketones (excluding diaryl/α,β-unsaturated/α-hetero) is 1. The van der Waals surface area contributed by atoms with E-state index in [1.165, 1.54) is 12.1 Å². The van der Waals surface area contributed by atoms with Crippen molar-refractivity contribution in [2.75, 3.05) is 6.61 Å². The van der Waals surface area contributed by atoms with E-state index in [0.29, 0.717) is 10.8 Å². The Balaban J connectivity index is 2.14. The maximum atomic E-state index is 13.5. The van der Waals surface area contributed by atoms with Gasteiger partial charge in [-0.25, -0.2) is 4.39 Å². The van der Waals surface area contributed by atoms with Gasteiger partial charge in [0.15, 0.2) is 6.61 Å². The molecule has 20 heavy (non-hydrogen) atoms. The minimum Gasteiger partial charge on any atom is -0.485 e. The van der Waals surface area contributed by atoms with Gasteiger partial charge in [0, 0.05) is 5.02 Å². The molecule has 0 saturated carbocycles. The van der Waals surface area contributed by atoms with Crippen molar-refractivity contribution >= 4 is 17.4 Å². The van der Waals surface area contributed by atoms with Crippen LogP contribution < -0.4 is 4.74 Å². The first-order valence-electron chi connectivity index (χ1n) is 6.16. The standard InChI is InChI=1S/C16H14ClFO2/c1-10-7-12(17)8-11(2)16(10)20-9-15(19)13-5-3-4-6-14(13)18/h3-8H,9H2,1-2H3. The van der Waals surface area contributed by atoms with Gasteiger partial charge >= 0.3 is 0 Å². The third-order valence-electron chi connectivity index (χ3n) is 2.95. The Morgan fingerprint density at radius 2 is 1.80 bits per heavy atom. The SMILES string of the molecule is Cc1cc(Cl)cc(C)c1OCC(=O)c1ccccc1F. The van der Waals surface area contributed by atoms with Crippen molar-refractivity contribution in [3.05, 3.63) is 63.9 Å². The van der Waals surface area contributed by atoms with Crippen LogP contribution in [0.15, 0.2) is 36.4 Å². The fraction of sp³-hybridized carbons (Fsp3) is 0.188. The van der Waals surface area contributed by atoms with E-state index in [0.717, 1.165) is 11.1 Å². The van der Waals surface area contributed by atoms with Crippen molar-refractivity contribution in [1.29, 1.82) is 0 Å². The molecule has 0 aromatic heterocycles. The molecule has 0 amide bonds. The van der Waals surface area contributed by atoms with Crippen molar-refractivity contribution in [2.24, 2.45) is 0 Å². The van der Waals surface area contributed by atoms with E-state index < -0.39 is 11.6 Å². The molecule has 2 aromatic carbocycles. The summed E-state index contributed by atoms with van der Waals surface area (Å²) in [6, 6.07) is 9.39. The third-order valence-corrected chi connectivity index (χ3v) is 3.17. The Morgan fingerprint density at radius 3 is 2.40 bits per heavy atom. The summed E-state index contributed by atoms with van der Waals surface area (Å²) in [7, 11) is 0. The molecular formula is C16H14ClFO2. The summed E-state index contributed by atoms with van der Waals surface area (Å²) < 4.78 is 19.0. The minimum atomic E-state index is -0.536. The molecule has 0 saturated heterocycles. The van der Waals surface area contributed by atoms with Gasteiger partial charge in [-0.15, -0.1) is 0 Å². The van der Waals surface area contributed by atoms with Gasteiger partial charge in [-0.2, -0.15) is 0 Å². The zero-order valence-corrected chi connectivity index (χ0v) is 12.0. The Hall–Kier alpha value is -1.87. The topological polar surface area (TPSA) is 26.3 Å². The molecule has 0 atom stereocenters. The Labute approximate surface area is 122 Å². The first-order chi connectivity index (χ1) is 9.49. The van der Waals surface area contributed by atoms with Gasteiger partial charge in [-0.1, -0.05) is 23.7 Å². The fourth-order valence-corrected chi connectivity index (χ4v) is 2.36. The second-order valence-electron chi connectivity index (χ2n) is 4.56. The molecule has 0 aliphatic carbocycles. The van der Waals surface area contributed by atoms with Crippen molar-refractivity contribution in [3.8, 4) is 5.75 Å². The average molecular weight is 293 g/mol. The summed E-state index contributed by atoms with van der Waals surface area (Å²) >= 11 is 5.93. The molecular weight excluding hydrogens is 279 g/mol. The lowest BCUT2D eigenvalue weighted by Crippen LogP contribution is -2.14.